The average molecular weight is 334 g/mol. The molecule has 1 aliphatic heterocycles. The Kier molecular flexibility index (Phi) is 5.21. The van der Waals surface area contributed by atoms with Crippen LogP contribution in [0.15, 0.2) is 24.3 Å². The number of aliphatic hydroxyl groups excluding tert-OH is 1. The Morgan fingerprint density at radius 2 is 1.83 bits per heavy atom. The first kappa shape index (κ1) is 17.4. The fourth-order valence-electron chi connectivity index (χ4n) is 4.02. The summed E-state index contributed by atoms with van der Waals surface area (Å²) in [5.74, 6) is -0.0686. The fourth-order valence-corrected chi connectivity index (χ4v) is 4.02. The van der Waals surface area contributed by atoms with Gasteiger partial charge in [0.25, 0.3) is 0 Å². The predicted molar refractivity (Wildman–Crippen MR) is 91.2 cm³/mol. The van der Waals surface area contributed by atoms with E-state index in [9.17, 15) is 14.3 Å². The second kappa shape index (κ2) is 7.19. The van der Waals surface area contributed by atoms with Gasteiger partial charge in [-0.1, -0.05) is 25.5 Å². The minimum absolute atomic E-state index is 0.171. The maximum atomic E-state index is 13.2. The van der Waals surface area contributed by atoms with E-state index in [2.05, 4.69) is 11.8 Å². The number of hydrogen-bond acceptors (Lipinski definition) is 3. The van der Waals surface area contributed by atoms with E-state index in [-0.39, 0.29) is 24.4 Å². The van der Waals surface area contributed by atoms with Gasteiger partial charge in [-0.25, -0.2) is 4.39 Å². The van der Waals surface area contributed by atoms with Gasteiger partial charge >= 0.3 is 0 Å². The van der Waals surface area contributed by atoms with Gasteiger partial charge in [0.2, 0.25) is 5.91 Å². The van der Waals surface area contributed by atoms with Crippen molar-refractivity contribution in [3.8, 4) is 0 Å². The number of carbonyl (C=O) groups is 1. The molecule has 1 aromatic rings. The van der Waals surface area contributed by atoms with Crippen molar-refractivity contribution in [3.63, 3.8) is 0 Å². The summed E-state index contributed by atoms with van der Waals surface area (Å²) in [6.07, 6.45) is 3.67. The average Bonchev–Trinajstić information content (AvgIpc) is 2.57. The molecule has 132 valence electrons. The van der Waals surface area contributed by atoms with Gasteiger partial charge in [-0.2, -0.15) is 0 Å². The molecule has 0 radical (unpaired) electrons. The summed E-state index contributed by atoms with van der Waals surface area (Å²) in [5, 5.41) is 9.45. The molecule has 1 aromatic carbocycles. The molecule has 24 heavy (non-hydrogen) atoms. The Balaban J connectivity index is 1.69. The van der Waals surface area contributed by atoms with Crippen molar-refractivity contribution >= 4 is 5.91 Å². The molecule has 1 aliphatic carbocycles. The number of halogens is 1. The van der Waals surface area contributed by atoms with Crippen molar-refractivity contribution in [1.29, 1.82) is 0 Å². The predicted octanol–water partition coefficient (Wildman–Crippen LogP) is 2.16. The molecule has 0 aromatic heterocycles. The maximum Gasteiger partial charge on any atom is 0.233 e. The number of carbonyl (C=O) groups excluding carboxylic acids is 1. The van der Waals surface area contributed by atoms with E-state index < -0.39 is 5.41 Å². The number of hydrogen-bond donors (Lipinski definition) is 1. The Morgan fingerprint density at radius 3 is 2.29 bits per heavy atom. The lowest BCUT2D eigenvalue weighted by Crippen LogP contribution is -2.58. The molecule has 2 fully saturated rings. The van der Waals surface area contributed by atoms with Gasteiger partial charge in [-0.3, -0.25) is 9.69 Å². The zero-order valence-corrected chi connectivity index (χ0v) is 14.4. The lowest BCUT2D eigenvalue weighted by molar-refractivity contribution is -0.143. The van der Waals surface area contributed by atoms with Crippen LogP contribution in [0.3, 0.4) is 0 Å². The molecule has 0 bridgehead atoms. The van der Waals surface area contributed by atoms with Crippen LogP contribution >= 0.6 is 0 Å². The normalized spacial score (nSPS) is 22.0. The van der Waals surface area contributed by atoms with Gasteiger partial charge < -0.3 is 10.0 Å². The third-order valence-corrected chi connectivity index (χ3v) is 5.81. The first-order chi connectivity index (χ1) is 11.6. The lowest BCUT2D eigenvalue weighted by atomic mass is 9.63. The molecule has 1 atom stereocenters. The summed E-state index contributed by atoms with van der Waals surface area (Å²) >= 11 is 0. The molecule has 3 rings (SSSR count). The van der Waals surface area contributed by atoms with Crippen LogP contribution in [-0.2, 0) is 10.2 Å². The number of aliphatic hydroxyl groups is 1. The zero-order chi connectivity index (χ0) is 17.2. The second-order valence-electron chi connectivity index (χ2n) is 7.02. The summed E-state index contributed by atoms with van der Waals surface area (Å²) in [5.41, 5.74) is 0.501. The minimum Gasteiger partial charge on any atom is -0.395 e. The zero-order valence-electron chi connectivity index (χ0n) is 14.4. The SMILES string of the molecule is CCC(CO)N1CCN(C(=O)C2(c3ccc(F)cc3)CCC2)CC1. The van der Waals surface area contributed by atoms with Crippen LogP contribution in [-0.4, -0.2) is 59.6 Å². The minimum atomic E-state index is -0.447. The smallest absolute Gasteiger partial charge is 0.233 e. The van der Waals surface area contributed by atoms with Gasteiger partial charge in [0, 0.05) is 32.2 Å². The van der Waals surface area contributed by atoms with Gasteiger partial charge in [-0.05, 0) is 37.0 Å². The first-order valence-electron chi connectivity index (χ1n) is 9.01. The van der Waals surface area contributed by atoms with E-state index in [0.717, 1.165) is 44.3 Å². The quantitative estimate of drug-likeness (QED) is 0.897. The fraction of sp³-hybridized carbons (Fsp3) is 0.632. The summed E-state index contributed by atoms with van der Waals surface area (Å²) in [6, 6.07) is 6.63. The molecule has 0 spiro atoms. The van der Waals surface area contributed by atoms with Crippen LogP contribution in [0.2, 0.25) is 0 Å². The first-order valence-corrected chi connectivity index (χ1v) is 9.01. The number of amides is 1. The van der Waals surface area contributed by atoms with Crippen LogP contribution in [0.4, 0.5) is 4.39 Å². The molecule has 2 aliphatic rings. The molecule has 1 amide bonds. The largest absolute Gasteiger partial charge is 0.395 e. The van der Waals surface area contributed by atoms with E-state index in [1.807, 2.05) is 4.90 Å². The van der Waals surface area contributed by atoms with Crippen molar-refractivity contribution in [3.05, 3.63) is 35.6 Å². The monoisotopic (exact) mass is 334 g/mol. The highest BCUT2D eigenvalue weighted by molar-refractivity contribution is 5.89. The Morgan fingerprint density at radius 1 is 1.21 bits per heavy atom. The highest BCUT2D eigenvalue weighted by Crippen LogP contribution is 2.45. The third kappa shape index (κ3) is 3.07. The molecule has 1 unspecified atom stereocenters. The van der Waals surface area contributed by atoms with Crippen molar-refractivity contribution in [1.82, 2.24) is 9.80 Å². The summed E-state index contributed by atoms with van der Waals surface area (Å²) in [4.78, 5) is 17.4. The Bertz CT molecular complexity index is 559. The van der Waals surface area contributed by atoms with Gasteiger partial charge in [0.05, 0.1) is 12.0 Å². The summed E-state index contributed by atoms with van der Waals surface area (Å²) in [6.45, 7) is 5.28. The van der Waals surface area contributed by atoms with Crippen molar-refractivity contribution in [2.24, 2.45) is 0 Å². The van der Waals surface area contributed by atoms with Gasteiger partial charge in [0.1, 0.15) is 5.82 Å². The molecular formula is C19H27FN2O2. The second-order valence-corrected chi connectivity index (χ2v) is 7.02. The van der Waals surface area contributed by atoms with Crippen LogP contribution in [0.5, 0.6) is 0 Å². The van der Waals surface area contributed by atoms with Crippen molar-refractivity contribution < 1.29 is 14.3 Å². The summed E-state index contributed by atoms with van der Waals surface area (Å²) < 4.78 is 13.2. The molecule has 4 nitrogen and oxygen atoms in total. The molecule has 1 N–H and O–H groups in total. The van der Waals surface area contributed by atoms with Crippen LogP contribution in [0.25, 0.3) is 0 Å². The van der Waals surface area contributed by atoms with Crippen LogP contribution < -0.4 is 0 Å². The van der Waals surface area contributed by atoms with Crippen molar-refractivity contribution in [2.45, 2.75) is 44.1 Å². The van der Waals surface area contributed by atoms with Crippen LogP contribution in [0.1, 0.15) is 38.2 Å². The number of piperazine rings is 1. The number of benzene rings is 1. The Labute approximate surface area is 143 Å². The third-order valence-electron chi connectivity index (χ3n) is 5.81. The highest BCUT2D eigenvalue weighted by Gasteiger charge is 2.48. The van der Waals surface area contributed by atoms with Gasteiger partial charge in [0.15, 0.2) is 0 Å². The Hall–Kier alpha value is -1.46. The maximum absolute atomic E-state index is 13.2. The summed E-state index contributed by atoms with van der Waals surface area (Å²) in [7, 11) is 0. The standard InChI is InChI=1S/C19H27FN2O2/c1-2-17(14-23)21-10-12-22(13-11-21)18(24)19(8-3-9-19)15-4-6-16(20)7-5-15/h4-7,17,23H,2-3,8-14H2,1H3. The van der Waals surface area contributed by atoms with Crippen LogP contribution in [0, 0.1) is 5.82 Å². The molecule has 5 heteroatoms. The van der Waals surface area contributed by atoms with E-state index in [1.54, 1.807) is 12.1 Å². The van der Waals surface area contributed by atoms with Crippen molar-refractivity contribution in [2.75, 3.05) is 32.8 Å². The number of nitrogens with zero attached hydrogens (tertiary/aromatic N) is 2. The molecule has 1 heterocycles. The molecule has 1 saturated heterocycles. The van der Waals surface area contributed by atoms with E-state index >= 15 is 0 Å². The molecule has 1 saturated carbocycles. The topological polar surface area (TPSA) is 43.8 Å². The lowest BCUT2D eigenvalue weighted by Gasteiger charge is -2.46. The molecular weight excluding hydrogens is 307 g/mol. The van der Waals surface area contributed by atoms with E-state index in [0.29, 0.717) is 13.1 Å². The highest BCUT2D eigenvalue weighted by atomic mass is 19.1. The van der Waals surface area contributed by atoms with Gasteiger partial charge in [-0.15, -0.1) is 0 Å². The number of rotatable bonds is 5. The van der Waals surface area contributed by atoms with E-state index in [1.165, 1.54) is 12.1 Å². The van der Waals surface area contributed by atoms with E-state index in [4.69, 9.17) is 0 Å².